The Labute approximate surface area is 116 Å². The second-order valence-corrected chi connectivity index (χ2v) is 4.87. The number of rotatable bonds is 5. The molecule has 1 heterocycles. The smallest absolute Gasteiger partial charge is 0.184 e. The number of methoxy groups -OCH3 is 1. The summed E-state index contributed by atoms with van der Waals surface area (Å²) in [4.78, 5) is 0. The molecule has 0 radical (unpaired) electrons. The minimum Gasteiger partial charge on any atom is -0.497 e. The highest BCUT2D eigenvalue weighted by atomic mass is 32.1. The predicted molar refractivity (Wildman–Crippen MR) is 77.3 cm³/mol. The van der Waals surface area contributed by atoms with E-state index in [1.807, 2.05) is 36.6 Å². The third-order valence-electron chi connectivity index (χ3n) is 2.83. The van der Waals surface area contributed by atoms with Gasteiger partial charge in [0.05, 0.1) is 12.1 Å². The molecule has 1 aromatic heterocycles. The van der Waals surface area contributed by atoms with Crippen molar-refractivity contribution in [1.82, 2.24) is 0 Å². The van der Waals surface area contributed by atoms with Crippen molar-refractivity contribution in [2.75, 3.05) is 19.5 Å². The van der Waals surface area contributed by atoms with Crippen molar-refractivity contribution in [3.63, 3.8) is 0 Å². The molecule has 5 heteroatoms. The van der Waals surface area contributed by atoms with Gasteiger partial charge in [-0.25, -0.2) is 0 Å². The SMILES string of the molecule is CCOC(O)c1c(-c2ccc(OC)cc2)csc1N. The maximum Gasteiger partial charge on any atom is 0.184 e. The first-order valence-corrected chi connectivity index (χ1v) is 6.86. The lowest BCUT2D eigenvalue weighted by atomic mass is 10.0. The Morgan fingerprint density at radius 3 is 2.58 bits per heavy atom. The lowest BCUT2D eigenvalue weighted by Crippen LogP contribution is -2.05. The summed E-state index contributed by atoms with van der Waals surface area (Å²) in [6.45, 7) is 2.26. The third-order valence-corrected chi connectivity index (χ3v) is 3.66. The van der Waals surface area contributed by atoms with Crippen LogP contribution in [-0.4, -0.2) is 18.8 Å². The molecule has 19 heavy (non-hydrogen) atoms. The minimum atomic E-state index is -0.992. The van der Waals surface area contributed by atoms with Crippen LogP contribution in [0.15, 0.2) is 29.6 Å². The monoisotopic (exact) mass is 279 g/mol. The van der Waals surface area contributed by atoms with Crippen LogP contribution in [0.4, 0.5) is 5.00 Å². The molecule has 102 valence electrons. The highest BCUT2D eigenvalue weighted by molar-refractivity contribution is 7.14. The van der Waals surface area contributed by atoms with E-state index in [1.165, 1.54) is 11.3 Å². The molecule has 0 aliphatic heterocycles. The molecule has 0 fully saturated rings. The summed E-state index contributed by atoms with van der Waals surface area (Å²) in [5, 5.41) is 12.5. The fourth-order valence-corrected chi connectivity index (χ4v) is 2.72. The molecule has 0 bridgehead atoms. The quantitative estimate of drug-likeness (QED) is 0.826. The first-order chi connectivity index (χ1) is 9.17. The van der Waals surface area contributed by atoms with Gasteiger partial charge in [0.2, 0.25) is 0 Å². The summed E-state index contributed by atoms with van der Waals surface area (Å²) in [7, 11) is 1.63. The Morgan fingerprint density at radius 1 is 1.32 bits per heavy atom. The molecule has 0 aliphatic rings. The molecule has 1 aromatic carbocycles. The maximum atomic E-state index is 10.0. The van der Waals surface area contributed by atoms with Crippen LogP contribution in [0.1, 0.15) is 18.8 Å². The van der Waals surface area contributed by atoms with E-state index in [9.17, 15) is 5.11 Å². The molecule has 1 unspecified atom stereocenters. The van der Waals surface area contributed by atoms with Crippen LogP contribution in [0, 0.1) is 0 Å². The summed E-state index contributed by atoms with van der Waals surface area (Å²) >= 11 is 1.40. The van der Waals surface area contributed by atoms with Crippen LogP contribution in [0.2, 0.25) is 0 Å². The lowest BCUT2D eigenvalue weighted by molar-refractivity contribution is -0.0968. The van der Waals surface area contributed by atoms with E-state index in [1.54, 1.807) is 7.11 Å². The fourth-order valence-electron chi connectivity index (χ4n) is 1.87. The first-order valence-electron chi connectivity index (χ1n) is 5.98. The van der Waals surface area contributed by atoms with Crippen LogP contribution in [0.5, 0.6) is 5.75 Å². The van der Waals surface area contributed by atoms with Gasteiger partial charge < -0.3 is 20.3 Å². The van der Waals surface area contributed by atoms with E-state index in [0.29, 0.717) is 17.2 Å². The standard InChI is InChI=1S/C14H17NO3S/c1-3-18-14(16)12-11(8-19-13(12)15)9-4-6-10(17-2)7-5-9/h4-8,14,16H,3,15H2,1-2H3. The van der Waals surface area contributed by atoms with Gasteiger partial charge in [-0.2, -0.15) is 0 Å². The Bertz CT molecular complexity index is 536. The van der Waals surface area contributed by atoms with Gasteiger partial charge in [0.15, 0.2) is 6.29 Å². The van der Waals surface area contributed by atoms with Crippen molar-refractivity contribution < 1.29 is 14.6 Å². The number of aliphatic hydroxyl groups is 1. The van der Waals surface area contributed by atoms with Crippen molar-refractivity contribution in [3.05, 3.63) is 35.2 Å². The van der Waals surface area contributed by atoms with Gasteiger partial charge in [0, 0.05) is 23.1 Å². The van der Waals surface area contributed by atoms with Crippen LogP contribution >= 0.6 is 11.3 Å². The zero-order valence-corrected chi connectivity index (χ0v) is 11.7. The summed E-state index contributed by atoms with van der Waals surface area (Å²) in [5.74, 6) is 0.791. The Balaban J connectivity index is 2.38. The van der Waals surface area contributed by atoms with Crippen molar-refractivity contribution >= 4 is 16.3 Å². The molecule has 0 amide bonds. The topological polar surface area (TPSA) is 64.7 Å². The number of thiophene rings is 1. The van der Waals surface area contributed by atoms with E-state index in [-0.39, 0.29) is 0 Å². The molecule has 0 saturated carbocycles. The Morgan fingerprint density at radius 2 is 2.00 bits per heavy atom. The number of aliphatic hydroxyl groups excluding tert-OH is 1. The van der Waals surface area contributed by atoms with Gasteiger partial charge in [0.25, 0.3) is 0 Å². The zero-order valence-electron chi connectivity index (χ0n) is 10.9. The number of nitrogen functional groups attached to an aromatic ring is 1. The molecule has 3 N–H and O–H groups in total. The molecule has 2 rings (SSSR count). The van der Waals surface area contributed by atoms with Gasteiger partial charge in [0.1, 0.15) is 5.75 Å². The van der Waals surface area contributed by atoms with Crippen LogP contribution in [0.25, 0.3) is 11.1 Å². The number of nitrogens with two attached hydrogens (primary N) is 1. The molecule has 0 saturated heterocycles. The number of hydrogen-bond acceptors (Lipinski definition) is 5. The average Bonchev–Trinajstić information content (AvgIpc) is 2.81. The van der Waals surface area contributed by atoms with E-state index in [4.69, 9.17) is 15.2 Å². The average molecular weight is 279 g/mol. The molecule has 0 aliphatic carbocycles. The van der Waals surface area contributed by atoms with Crippen LogP contribution in [-0.2, 0) is 4.74 Å². The van der Waals surface area contributed by atoms with E-state index in [2.05, 4.69) is 0 Å². The number of hydrogen-bond donors (Lipinski definition) is 2. The highest BCUT2D eigenvalue weighted by Gasteiger charge is 2.19. The number of benzene rings is 1. The maximum absolute atomic E-state index is 10.0. The summed E-state index contributed by atoms with van der Waals surface area (Å²) in [6.07, 6.45) is -0.992. The van der Waals surface area contributed by atoms with Gasteiger partial charge >= 0.3 is 0 Å². The molecule has 2 aromatic rings. The van der Waals surface area contributed by atoms with Gasteiger partial charge in [-0.05, 0) is 24.6 Å². The number of ether oxygens (including phenoxy) is 2. The largest absolute Gasteiger partial charge is 0.497 e. The van der Waals surface area contributed by atoms with E-state index >= 15 is 0 Å². The summed E-state index contributed by atoms with van der Waals surface area (Å²) in [5.41, 5.74) is 8.43. The van der Waals surface area contributed by atoms with Crippen molar-refractivity contribution in [1.29, 1.82) is 0 Å². The Hall–Kier alpha value is -1.56. The molecular weight excluding hydrogens is 262 g/mol. The van der Waals surface area contributed by atoms with Crippen LogP contribution < -0.4 is 10.5 Å². The summed E-state index contributed by atoms with van der Waals surface area (Å²) in [6, 6.07) is 7.62. The van der Waals surface area contributed by atoms with Gasteiger partial charge in [-0.3, -0.25) is 0 Å². The molecule has 1 atom stereocenters. The van der Waals surface area contributed by atoms with Gasteiger partial charge in [-0.15, -0.1) is 11.3 Å². The normalized spacial score (nSPS) is 12.4. The van der Waals surface area contributed by atoms with Crippen molar-refractivity contribution in [2.24, 2.45) is 0 Å². The second-order valence-electron chi connectivity index (χ2n) is 3.96. The molecular formula is C14H17NO3S. The highest BCUT2D eigenvalue weighted by Crippen LogP contribution is 2.38. The zero-order chi connectivity index (χ0) is 13.8. The molecule has 0 spiro atoms. The lowest BCUT2D eigenvalue weighted by Gasteiger charge is -2.13. The third kappa shape index (κ3) is 2.89. The molecule has 4 nitrogen and oxygen atoms in total. The first kappa shape index (κ1) is 13.9. The van der Waals surface area contributed by atoms with Gasteiger partial charge in [-0.1, -0.05) is 12.1 Å². The van der Waals surface area contributed by atoms with Crippen molar-refractivity contribution in [3.8, 4) is 16.9 Å². The summed E-state index contributed by atoms with van der Waals surface area (Å²) < 4.78 is 10.4. The van der Waals surface area contributed by atoms with Crippen molar-refractivity contribution in [2.45, 2.75) is 13.2 Å². The predicted octanol–water partition coefficient (Wildman–Crippen LogP) is 3.03. The fraction of sp³-hybridized carbons (Fsp3) is 0.286. The van der Waals surface area contributed by atoms with E-state index in [0.717, 1.165) is 16.9 Å². The van der Waals surface area contributed by atoms with Crippen LogP contribution in [0.3, 0.4) is 0 Å². The number of anilines is 1. The minimum absolute atomic E-state index is 0.429. The van der Waals surface area contributed by atoms with E-state index < -0.39 is 6.29 Å². The second kappa shape index (κ2) is 6.06. The Kier molecular flexibility index (Phi) is 4.42.